The van der Waals surface area contributed by atoms with Crippen molar-refractivity contribution in [3.8, 4) is 0 Å². The summed E-state index contributed by atoms with van der Waals surface area (Å²) in [6, 6.07) is 6.46. The van der Waals surface area contributed by atoms with Crippen molar-refractivity contribution in [2.45, 2.75) is 38.6 Å². The van der Waals surface area contributed by atoms with E-state index in [0.717, 1.165) is 24.2 Å². The Morgan fingerprint density at radius 3 is 2.81 bits per heavy atom. The lowest BCUT2D eigenvalue weighted by Crippen LogP contribution is -2.15. The number of H-pyrrole nitrogens is 1. The number of aromatic amines is 1. The molecular formula is C16H18FN3O. The topological polar surface area (TPSA) is 57.8 Å². The Hall–Kier alpha value is -2.17. The molecule has 0 radical (unpaired) electrons. The van der Waals surface area contributed by atoms with Crippen LogP contribution in [0.4, 0.5) is 10.2 Å². The number of hydrogen-bond acceptors (Lipinski definition) is 3. The molecular weight excluding hydrogens is 269 g/mol. The van der Waals surface area contributed by atoms with Gasteiger partial charge in [0.25, 0.3) is 5.56 Å². The summed E-state index contributed by atoms with van der Waals surface area (Å²) >= 11 is 0. The predicted molar refractivity (Wildman–Crippen MR) is 80.0 cm³/mol. The van der Waals surface area contributed by atoms with E-state index in [1.807, 2.05) is 13.0 Å². The molecule has 1 aromatic carbocycles. The average Bonchev–Trinajstić information content (AvgIpc) is 3.25. The fourth-order valence-corrected chi connectivity index (χ4v) is 2.28. The number of aryl methyl sites for hydroxylation is 1. The van der Waals surface area contributed by atoms with E-state index in [9.17, 15) is 9.18 Å². The van der Waals surface area contributed by atoms with Crippen molar-refractivity contribution in [2.75, 3.05) is 5.32 Å². The Morgan fingerprint density at radius 2 is 2.14 bits per heavy atom. The Kier molecular flexibility index (Phi) is 3.49. The van der Waals surface area contributed by atoms with E-state index in [0.29, 0.717) is 17.3 Å². The molecule has 5 heteroatoms. The highest BCUT2D eigenvalue weighted by molar-refractivity contribution is 5.38. The minimum Gasteiger partial charge on any atom is -0.363 e. The molecule has 4 nitrogen and oxygen atoms in total. The van der Waals surface area contributed by atoms with Gasteiger partial charge >= 0.3 is 0 Å². The van der Waals surface area contributed by atoms with Gasteiger partial charge in [-0.15, -0.1) is 0 Å². The van der Waals surface area contributed by atoms with Gasteiger partial charge in [0.2, 0.25) is 0 Å². The predicted octanol–water partition coefficient (Wildman–Crippen LogP) is 3.27. The summed E-state index contributed by atoms with van der Waals surface area (Å²) in [6.07, 6.45) is 2.15. The van der Waals surface area contributed by atoms with E-state index in [1.54, 1.807) is 13.0 Å². The zero-order chi connectivity index (χ0) is 15.0. The standard InChI is InChI=1S/C16H18FN3O/c1-9-3-4-12(7-13(9)17)10(2)18-14-8-15(21)20-16(19-14)11-5-6-11/h3-4,7-8,10-11H,5-6H2,1-2H3,(H2,18,19,20,21). The van der Waals surface area contributed by atoms with Crippen molar-refractivity contribution in [3.05, 3.63) is 57.4 Å². The molecule has 21 heavy (non-hydrogen) atoms. The third-order valence-corrected chi connectivity index (χ3v) is 3.78. The molecule has 1 heterocycles. The molecule has 1 saturated carbocycles. The Balaban J connectivity index is 1.82. The monoisotopic (exact) mass is 287 g/mol. The molecule has 2 N–H and O–H groups in total. The lowest BCUT2D eigenvalue weighted by molar-refractivity contribution is 0.614. The summed E-state index contributed by atoms with van der Waals surface area (Å²) < 4.78 is 13.6. The number of benzene rings is 1. The quantitative estimate of drug-likeness (QED) is 0.907. The third-order valence-electron chi connectivity index (χ3n) is 3.78. The first kappa shape index (κ1) is 13.8. The maximum absolute atomic E-state index is 13.6. The lowest BCUT2D eigenvalue weighted by Gasteiger charge is -2.16. The Labute approximate surface area is 122 Å². The summed E-state index contributed by atoms with van der Waals surface area (Å²) in [5.74, 6) is 1.44. The van der Waals surface area contributed by atoms with Crippen LogP contribution in [0.5, 0.6) is 0 Å². The molecule has 1 aliphatic rings. The van der Waals surface area contributed by atoms with Gasteiger partial charge in [-0.3, -0.25) is 4.79 Å². The molecule has 2 aromatic rings. The number of hydrogen-bond donors (Lipinski definition) is 2. The SMILES string of the molecule is Cc1ccc(C(C)Nc2cc(=O)[nH]c(C3CC3)n2)cc1F. The molecule has 0 bridgehead atoms. The van der Waals surface area contributed by atoms with Gasteiger partial charge < -0.3 is 10.3 Å². The van der Waals surface area contributed by atoms with Gasteiger partial charge in [0, 0.05) is 12.0 Å². The second kappa shape index (κ2) is 5.31. The van der Waals surface area contributed by atoms with Crippen LogP contribution in [0.25, 0.3) is 0 Å². The van der Waals surface area contributed by atoms with Crippen LogP contribution in [0.1, 0.15) is 48.7 Å². The number of anilines is 1. The largest absolute Gasteiger partial charge is 0.363 e. The minimum absolute atomic E-state index is 0.124. The first-order valence-corrected chi connectivity index (χ1v) is 7.17. The summed E-state index contributed by atoms with van der Waals surface area (Å²) in [5, 5.41) is 3.17. The van der Waals surface area contributed by atoms with Gasteiger partial charge in [0.15, 0.2) is 0 Å². The van der Waals surface area contributed by atoms with E-state index in [-0.39, 0.29) is 17.4 Å². The highest BCUT2D eigenvalue weighted by Gasteiger charge is 2.26. The van der Waals surface area contributed by atoms with E-state index in [2.05, 4.69) is 15.3 Å². The second-order valence-electron chi connectivity index (χ2n) is 5.66. The first-order valence-electron chi connectivity index (χ1n) is 7.17. The van der Waals surface area contributed by atoms with Crippen molar-refractivity contribution in [3.63, 3.8) is 0 Å². The molecule has 3 rings (SSSR count). The van der Waals surface area contributed by atoms with Crippen molar-refractivity contribution in [2.24, 2.45) is 0 Å². The number of halogens is 1. The maximum Gasteiger partial charge on any atom is 0.252 e. The Morgan fingerprint density at radius 1 is 1.38 bits per heavy atom. The zero-order valence-electron chi connectivity index (χ0n) is 12.1. The van der Waals surface area contributed by atoms with Crippen LogP contribution in [0, 0.1) is 12.7 Å². The van der Waals surface area contributed by atoms with Gasteiger partial charge in [-0.25, -0.2) is 9.37 Å². The molecule has 1 unspecified atom stereocenters. The molecule has 110 valence electrons. The molecule has 0 aliphatic heterocycles. The van der Waals surface area contributed by atoms with Crippen LogP contribution in [-0.2, 0) is 0 Å². The fraction of sp³-hybridized carbons (Fsp3) is 0.375. The van der Waals surface area contributed by atoms with Crippen LogP contribution < -0.4 is 10.9 Å². The van der Waals surface area contributed by atoms with Crippen molar-refractivity contribution < 1.29 is 4.39 Å². The molecule has 0 spiro atoms. The smallest absolute Gasteiger partial charge is 0.252 e. The van der Waals surface area contributed by atoms with Gasteiger partial charge in [-0.2, -0.15) is 0 Å². The van der Waals surface area contributed by atoms with Crippen molar-refractivity contribution in [1.82, 2.24) is 9.97 Å². The highest BCUT2D eigenvalue weighted by atomic mass is 19.1. The van der Waals surface area contributed by atoms with E-state index >= 15 is 0 Å². The number of aromatic nitrogens is 2. The molecule has 0 amide bonds. The van der Waals surface area contributed by atoms with Crippen LogP contribution in [0.3, 0.4) is 0 Å². The molecule has 1 fully saturated rings. The van der Waals surface area contributed by atoms with E-state index in [1.165, 1.54) is 12.1 Å². The number of rotatable bonds is 4. The summed E-state index contributed by atoms with van der Waals surface area (Å²) in [5.41, 5.74) is 1.29. The van der Waals surface area contributed by atoms with Crippen LogP contribution in [-0.4, -0.2) is 9.97 Å². The normalized spacial score (nSPS) is 15.8. The van der Waals surface area contributed by atoms with Crippen molar-refractivity contribution in [1.29, 1.82) is 0 Å². The van der Waals surface area contributed by atoms with Crippen LogP contribution in [0.15, 0.2) is 29.1 Å². The zero-order valence-corrected chi connectivity index (χ0v) is 12.1. The van der Waals surface area contributed by atoms with Crippen molar-refractivity contribution >= 4 is 5.82 Å². The number of nitrogens with one attached hydrogen (secondary N) is 2. The minimum atomic E-state index is -0.223. The Bertz CT molecular complexity index is 722. The molecule has 1 atom stereocenters. The van der Waals surface area contributed by atoms with Gasteiger partial charge in [0.05, 0.1) is 6.04 Å². The summed E-state index contributed by atoms with van der Waals surface area (Å²) in [6.45, 7) is 3.65. The summed E-state index contributed by atoms with van der Waals surface area (Å²) in [4.78, 5) is 18.9. The van der Waals surface area contributed by atoms with E-state index in [4.69, 9.17) is 0 Å². The van der Waals surface area contributed by atoms with Crippen LogP contribution >= 0.6 is 0 Å². The van der Waals surface area contributed by atoms with Crippen LogP contribution in [0.2, 0.25) is 0 Å². The first-order chi connectivity index (χ1) is 10.0. The molecule has 1 aliphatic carbocycles. The molecule has 1 aromatic heterocycles. The summed E-state index contributed by atoms with van der Waals surface area (Å²) in [7, 11) is 0. The van der Waals surface area contributed by atoms with Gasteiger partial charge in [-0.05, 0) is 43.9 Å². The highest BCUT2D eigenvalue weighted by Crippen LogP contribution is 2.37. The van der Waals surface area contributed by atoms with Gasteiger partial charge in [-0.1, -0.05) is 12.1 Å². The lowest BCUT2D eigenvalue weighted by atomic mass is 10.1. The van der Waals surface area contributed by atoms with Gasteiger partial charge in [0.1, 0.15) is 17.5 Å². The molecule has 0 saturated heterocycles. The number of nitrogens with zero attached hydrogens (tertiary/aromatic N) is 1. The maximum atomic E-state index is 13.6. The third kappa shape index (κ3) is 3.12. The fourth-order valence-electron chi connectivity index (χ4n) is 2.28. The second-order valence-corrected chi connectivity index (χ2v) is 5.66. The van der Waals surface area contributed by atoms with E-state index < -0.39 is 0 Å². The average molecular weight is 287 g/mol.